The van der Waals surface area contributed by atoms with Gasteiger partial charge in [0.05, 0.1) is 18.0 Å². The maximum Gasteiger partial charge on any atom is 0.334 e. The molecule has 0 radical (unpaired) electrons. The van der Waals surface area contributed by atoms with Gasteiger partial charge in [-0.2, -0.15) is 4.31 Å². The minimum atomic E-state index is -3.75. The molecule has 19 heavy (non-hydrogen) atoms. The van der Waals surface area contributed by atoms with E-state index in [9.17, 15) is 13.2 Å². The van der Waals surface area contributed by atoms with Crippen molar-refractivity contribution in [2.75, 3.05) is 19.7 Å². The van der Waals surface area contributed by atoms with Crippen molar-refractivity contribution < 1.29 is 23.1 Å². The smallest absolute Gasteiger partial charge is 0.334 e. The van der Waals surface area contributed by atoms with Gasteiger partial charge in [0.2, 0.25) is 10.0 Å². The second kappa shape index (κ2) is 5.46. The Bertz CT molecular complexity index is 589. The molecule has 1 aliphatic rings. The number of rotatable bonds is 3. The van der Waals surface area contributed by atoms with Crippen LogP contribution in [0.1, 0.15) is 0 Å². The van der Waals surface area contributed by atoms with Crippen LogP contribution in [0.15, 0.2) is 29.2 Å². The van der Waals surface area contributed by atoms with E-state index in [0.717, 1.165) is 4.31 Å². The van der Waals surface area contributed by atoms with Gasteiger partial charge < -0.3 is 9.84 Å². The molecule has 1 aliphatic heterocycles. The largest absolute Gasteiger partial charge is 0.479 e. The van der Waals surface area contributed by atoms with Crippen LogP contribution in [0.4, 0.5) is 0 Å². The molecule has 0 bridgehead atoms. The highest BCUT2D eigenvalue weighted by atomic mass is 35.5. The Kier molecular flexibility index (Phi) is 4.10. The molecule has 8 heteroatoms. The van der Waals surface area contributed by atoms with Crippen LogP contribution in [0.3, 0.4) is 0 Å². The molecule has 6 nitrogen and oxygen atoms in total. The summed E-state index contributed by atoms with van der Waals surface area (Å²) in [6.07, 6.45) is -1.14. The number of ether oxygens (including phenoxy) is 1. The summed E-state index contributed by atoms with van der Waals surface area (Å²) in [7, 11) is -3.75. The average Bonchev–Trinajstić information content (AvgIpc) is 2.39. The van der Waals surface area contributed by atoms with Gasteiger partial charge in [-0.05, 0) is 18.2 Å². The Labute approximate surface area is 115 Å². The predicted octanol–water partition coefficient (Wildman–Crippen LogP) is 0.814. The average molecular weight is 306 g/mol. The first-order chi connectivity index (χ1) is 8.91. The molecule has 1 aromatic carbocycles. The highest BCUT2D eigenvalue weighted by Gasteiger charge is 2.33. The number of morpholine rings is 1. The summed E-state index contributed by atoms with van der Waals surface area (Å²) in [6.45, 7) is -0.0282. The van der Waals surface area contributed by atoms with Crippen molar-refractivity contribution in [3.8, 4) is 0 Å². The van der Waals surface area contributed by atoms with Gasteiger partial charge in [-0.1, -0.05) is 17.7 Å². The predicted molar refractivity (Wildman–Crippen MR) is 67.6 cm³/mol. The van der Waals surface area contributed by atoms with Crippen molar-refractivity contribution in [2.24, 2.45) is 0 Å². The minimum absolute atomic E-state index is 0.0473. The summed E-state index contributed by atoms with van der Waals surface area (Å²) < 4.78 is 30.7. The van der Waals surface area contributed by atoms with Crippen LogP contribution in [-0.4, -0.2) is 49.6 Å². The Morgan fingerprint density at radius 3 is 2.84 bits per heavy atom. The van der Waals surface area contributed by atoms with Gasteiger partial charge in [-0.15, -0.1) is 0 Å². The zero-order valence-corrected chi connectivity index (χ0v) is 11.4. The molecule has 1 fully saturated rings. The van der Waals surface area contributed by atoms with Gasteiger partial charge in [0.1, 0.15) is 0 Å². The van der Waals surface area contributed by atoms with Crippen LogP contribution in [0, 0.1) is 0 Å². The van der Waals surface area contributed by atoms with Gasteiger partial charge in [0, 0.05) is 11.6 Å². The first kappa shape index (κ1) is 14.3. The highest BCUT2D eigenvalue weighted by molar-refractivity contribution is 7.89. The number of benzene rings is 1. The Morgan fingerprint density at radius 2 is 2.21 bits per heavy atom. The Hall–Kier alpha value is -1.15. The summed E-state index contributed by atoms with van der Waals surface area (Å²) >= 11 is 5.77. The van der Waals surface area contributed by atoms with Gasteiger partial charge in [0.25, 0.3) is 0 Å². The summed E-state index contributed by atoms with van der Waals surface area (Å²) in [6, 6.07) is 5.86. The molecule has 0 aromatic heterocycles. The van der Waals surface area contributed by atoms with E-state index in [2.05, 4.69) is 0 Å². The Balaban J connectivity index is 2.27. The van der Waals surface area contributed by atoms with Gasteiger partial charge >= 0.3 is 5.97 Å². The Morgan fingerprint density at radius 1 is 1.47 bits per heavy atom. The molecule has 0 aliphatic carbocycles. The normalized spacial score (nSPS) is 21.2. The third-order valence-electron chi connectivity index (χ3n) is 2.74. The van der Waals surface area contributed by atoms with Crippen molar-refractivity contribution in [3.05, 3.63) is 29.3 Å². The van der Waals surface area contributed by atoms with Crippen LogP contribution in [0.2, 0.25) is 5.02 Å². The van der Waals surface area contributed by atoms with E-state index in [0.29, 0.717) is 5.02 Å². The maximum atomic E-state index is 12.3. The van der Waals surface area contributed by atoms with Crippen LogP contribution < -0.4 is 0 Å². The van der Waals surface area contributed by atoms with Crippen LogP contribution in [0.5, 0.6) is 0 Å². The molecule has 0 saturated carbocycles. The molecule has 0 amide bonds. The number of carboxylic acids is 1. The van der Waals surface area contributed by atoms with Crippen molar-refractivity contribution in [1.29, 1.82) is 0 Å². The summed E-state index contributed by atoms with van der Waals surface area (Å²) in [5, 5.41) is 9.18. The molecule has 0 spiro atoms. The van der Waals surface area contributed by atoms with Crippen LogP contribution in [0.25, 0.3) is 0 Å². The molecule has 1 saturated heterocycles. The lowest BCUT2D eigenvalue weighted by atomic mass is 10.3. The summed E-state index contributed by atoms with van der Waals surface area (Å²) in [5.41, 5.74) is 0. The van der Waals surface area contributed by atoms with Crippen molar-refractivity contribution in [2.45, 2.75) is 11.0 Å². The minimum Gasteiger partial charge on any atom is -0.479 e. The van der Waals surface area contributed by atoms with Crippen molar-refractivity contribution in [1.82, 2.24) is 4.31 Å². The molecule has 1 N–H and O–H groups in total. The third kappa shape index (κ3) is 3.06. The first-order valence-corrected chi connectivity index (χ1v) is 7.33. The number of hydrogen-bond acceptors (Lipinski definition) is 4. The maximum absolute atomic E-state index is 12.3. The van der Waals surface area contributed by atoms with E-state index in [1.807, 2.05) is 0 Å². The van der Waals surface area contributed by atoms with Crippen LogP contribution in [-0.2, 0) is 19.6 Å². The lowest BCUT2D eigenvalue weighted by Crippen LogP contribution is -2.48. The number of nitrogens with zero attached hydrogens (tertiary/aromatic N) is 1. The number of hydrogen-bond donors (Lipinski definition) is 1. The molecular formula is C11H12ClNO5S. The molecular weight excluding hydrogens is 294 g/mol. The fourth-order valence-corrected chi connectivity index (χ4v) is 3.50. The monoisotopic (exact) mass is 305 g/mol. The number of halogens is 1. The van der Waals surface area contributed by atoms with E-state index in [1.165, 1.54) is 18.2 Å². The molecule has 2 rings (SSSR count). The standard InChI is InChI=1S/C11H12ClNO5S/c12-8-2-1-3-9(6-8)19(16,17)13-4-5-18-10(7-13)11(14)15/h1-3,6,10H,4-5,7H2,(H,14,15). The summed E-state index contributed by atoms with van der Waals surface area (Å²) in [5.74, 6) is -1.18. The molecule has 1 aromatic rings. The number of aliphatic carboxylic acids is 1. The van der Waals surface area contributed by atoms with Gasteiger partial charge in [-0.25, -0.2) is 13.2 Å². The zero-order chi connectivity index (χ0) is 14.0. The molecule has 1 heterocycles. The SMILES string of the molecule is O=C(O)C1CN(S(=O)(=O)c2cccc(Cl)c2)CCO1. The van der Waals surface area contributed by atoms with Gasteiger partial charge in [-0.3, -0.25) is 0 Å². The van der Waals surface area contributed by atoms with E-state index < -0.39 is 22.1 Å². The van der Waals surface area contributed by atoms with Crippen molar-refractivity contribution in [3.63, 3.8) is 0 Å². The van der Waals surface area contributed by atoms with Gasteiger partial charge in [0.15, 0.2) is 6.10 Å². The number of carbonyl (C=O) groups is 1. The highest BCUT2D eigenvalue weighted by Crippen LogP contribution is 2.21. The van der Waals surface area contributed by atoms with E-state index in [1.54, 1.807) is 6.07 Å². The third-order valence-corrected chi connectivity index (χ3v) is 4.83. The quantitative estimate of drug-likeness (QED) is 0.893. The van der Waals surface area contributed by atoms with Crippen LogP contribution >= 0.6 is 11.6 Å². The molecule has 104 valence electrons. The fraction of sp³-hybridized carbons (Fsp3) is 0.364. The first-order valence-electron chi connectivity index (χ1n) is 5.51. The van der Waals surface area contributed by atoms with Crippen molar-refractivity contribution >= 4 is 27.6 Å². The second-order valence-electron chi connectivity index (χ2n) is 4.02. The molecule has 1 atom stereocenters. The molecule has 1 unspecified atom stereocenters. The van der Waals surface area contributed by atoms with E-state index >= 15 is 0 Å². The zero-order valence-electron chi connectivity index (χ0n) is 9.82. The van der Waals surface area contributed by atoms with E-state index in [4.69, 9.17) is 21.4 Å². The summed E-state index contributed by atoms with van der Waals surface area (Å²) in [4.78, 5) is 10.9. The number of carboxylic acid groups (broad SMARTS) is 1. The fourth-order valence-electron chi connectivity index (χ4n) is 1.77. The lowest BCUT2D eigenvalue weighted by Gasteiger charge is -2.30. The topological polar surface area (TPSA) is 83.9 Å². The number of sulfonamides is 1. The van der Waals surface area contributed by atoms with E-state index in [-0.39, 0.29) is 24.6 Å². The second-order valence-corrected chi connectivity index (χ2v) is 6.39. The lowest BCUT2D eigenvalue weighted by molar-refractivity contribution is -0.153.